The number of amides is 3. The smallest absolute Gasteiger partial charge is 0.322 e. The molecule has 0 aliphatic rings. The average molecular weight is 502 g/mol. The highest BCUT2D eigenvalue weighted by atomic mass is 35.5. The summed E-state index contributed by atoms with van der Waals surface area (Å²) in [7, 11) is 0. The van der Waals surface area contributed by atoms with Gasteiger partial charge in [-0.3, -0.25) is 4.79 Å². The van der Waals surface area contributed by atoms with Gasteiger partial charge in [0.2, 0.25) is 5.91 Å². The summed E-state index contributed by atoms with van der Waals surface area (Å²) in [5.41, 5.74) is 1.39. The van der Waals surface area contributed by atoms with Crippen molar-refractivity contribution in [1.29, 1.82) is 0 Å². The van der Waals surface area contributed by atoms with Crippen molar-refractivity contribution in [3.8, 4) is 0 Å². The van der Waals surface area contributed by atoms with E-state index >= 15 is 0 Å². The number of nitrogens with one attached hydrogen (secondary N) is 1. The van der Waals surface area contributed by atoms with E-state index in [1.54, 1.807) is 52.6 Å². The summed E-state index contributed by atoms with van der Waals surface area (Å²) in [4.78, 5) is 31.9. The van der Waals surface area contributed by atoms with E-state index in [4.69, 9.17) is 11.6 Å². The molecule has 5 nitrogen and oxygen atoms in total. The van der Waals surface area contributed by atoms with Crippen LogP contribution in [-0.4, -0.2) is 34.8 Å². The largest absolute Gasteiger partial charge is 0.332 e. The number of benzene rings is 2. The van der Waals surface area contributed by atoms with Crippen molar-refractivity contribution in [3.05, 3.63) is 86.8 Å². The first kappa shape index (κ1) is 25.7. The van der Waals surface area contributed by atoms with Crippen LogP contribution in [0.2, 0.25) is 5.02 Å². The topological polar surface area (TPSA) is 52.7 Å². The normalized spacial score (nSPS) is 10.9. The van der Waals surface area contributed by atoms with Crippen LogP contribution in [0.1, 0.15) is 29.2 Å². The summed E-state index contributed by atoms with van der Waals surface area (Å²) in [5, 5.41) is 3.35. The standard InChI is InChI=1S/C26H29ClFN3O2S/c1-18(2)14-31(26(33)29-23-6-4-5-21(27)13-23)17-25(32)30(16-24-12-7-19(3)34-24)15-20-8-10-22(28)11-9-20/h4-13,18H,14-17H2,1-3H3,(H,29,33). The molecule has 180 valence electrons. The molecule has 0 spiro atoms. The fourth-order valence-corrected chi connectivity index (χ4v) is 4.59. The minimum Gasteiger partial charge on any atom is -0.332 e. The Morgan fingerprint density at radius 2 is 1.76 bits per heavy atom. The molecule has 0 atom stereocenters. The Balaban J connectivity index is 1.77. The van der Waals surface area contributed by atoms with Crippen LogP contribution in [-0.2, 0) is 17.9 Å². The minimum absolute atomic E-state index is 0.0733. The number of aryl methyl sites for hydroxylation is 1. The van der Waals surface area contributed by atoms with Gasteiger partial charge in [0.25, 0.3) is 0 Å². The van der Waals surface area contributed by atoms with Crippen molar-refractivity contribution in [3.63, 3.8) is 0 Å². The number of rotatable bonds is 9. The average Bonchev–Trinajstić information content (AvgIpc) is 3.18. The van der Waals surface area contributed by atoms with E-state index in [1.807, 2.05) is 32.9 Å². The summed E-state index contributed by atoms with van der Waals surface area (Å²) in [5.74, 6) is -0.336. The van der Waals surface area contributed by atoms with Gasteiger partial charge < -0.3 is 15.1 Å². The zero-order valence-electron chi connectivity index (χ0n) is 19.6. The molecule has 2 aromatic carbocycles. The second-order valence-corrected chi connectivity index (χ2v) is 10.4. The molecular weight excluding hydrogens is 473 g/mol. The van der Waals surface area contributed by atoms with Crippen molar-refractivity contribution in [2.45, 2.75) is 33.9 Å². The van der Waals surface area contributed by atoms with Gasteiger partial charge in [-0.2, -0.15) is 0 Å². The van der Waals surface area contributed by atoms with Gasteiger partial charge in [0, 0.05) is 33.6 Å². The monoisotopic (exact) mass is 501 g/mol. The van der Waals surface area contributed by atoms with E-state index in [2.05, 4.69) is 5.32 Å². The number of thiophene rings is 1. The van der Waals surface area contributed by atoms with Crippen LogP contribution >= 0.6 is 22.9 Å². The second-order valence-electron chi connectivity index (χ2n) is 8.60. The van der Waals surface area contributed by atoms with Gasteiger partial charge in [-0.15, -0.1) is 11.3 Å². The van der Waals surface area contributed by atoms with Crippen molar-refractivity contribution in [2.24, 2.45) is 5.92 Å². The maximum absolute atomic E-state index is 13.4. The van der Waals surface area contributed by atoms with Gasteiger partial charge in [0.15, 0.2) is 0 Å². The van der Waals surface area contributed by atoms with E-state index in [9.17, 15) is 14.0 Å². The lowest BCUT2D eigenvalue weighted by Crippen LogP contribution is -2.45. The van der Waals surface area contributed by atoms with Gasteiger partial charge in [-0.05, 0) is 60.9 Å². The lowest BCUT2D eigenvalue weighted by atomic mass is 10.2. The molecule has 3 aromatic rings. The first-order valence-corrected chi connectivity index (χ1v) is 12.3. The lowest BCUT2D eigenvalue weighted by molar-refractivity contribution is -0.133. The molecule has 0 aliphatic carbocycles. The van der Waals surface area contributed by atoms with E-state index in [1.165, 1.54) is 17.0 Å². The predicted molar refractivity (Wildman–Crippen MR) is 137 cm³/mol. The molecule has 1 heterocycles. The number of anilines is 1. The number of hydrogen-bond acceptors (Lipinski definition) is 3. The summed E-state index contributed by atoms with van der Waals surface area (Å²) in [6.07, 6.45) is 0. The molecule has 0 aliphatic heterocycles. The number of nitrogens with zero attached hydrogens (tertiary/aromatic N) is 2. The van der Waals surface area contributed by atoms with E-state index in [0.717, 1.165) is 15.3 Å². The fraction of sp³-hybridized carbons (Fsp3) is 0.308. The molecule has 3 rings (SSSR count). The first-order chi connectivity index (χ1) is 16.2. The SMILES string of the molecule is Cc1ccc(CN(Cc2ccc(F)cc2)C(=O)CN(CC(C)C)C(=O)Nc2cccc(Cl)c2)s1. The molecule has 0 saturated carbocycles. The van der Waals surface area contributed by atoms with Crippen LogP contribution in [0.3, 0.4) is 0 Å². The Labute approximate surface area is 209 Å². The van der Waals surface area contributed by atoms with E-state index < -0.39 is 0 Å². The molecule has 34 heavy (non-hydrogen) atoms. The Kier molecular flexibility index (Phi) is 9.07. The molecule has 1 N–H and O–H groups in total. The maximum atomic E-state index is 13.4. The first-order valence-electron chi connectivity index (χ1n) is 11.1. The Morgan fingerprint density at radius 3 is 2.38 bits per heavy atom. The number of carbonyl (C=O) groups is 2. The molecule has 1 aromatic heterocycles. The maximum Gasteiger partial charge on any atom is 0.322 e. The summed E-state index contributed by atoms with van der Waals surface area (Å²) in [6, 6.07) is 16.7. The van der Waals surface area contributed by atoms with Gasteiger partial charge in [-0.25, -0.2) is 9.18 Å². The summed E-state index contributed by atoms with van der Waals surface area (Å²) >= 11 is 7.66. The molecule has 0 unspecified atom stereocenters. The third-order valence-corrected chi connectivity index (χ3v) is 6.28. The predicted octanol–water partition coefficient (Wildman–Crippen LogP) is 6.57. The Bertz CT molecular complexity index is 1120. The van der Waals surface area contributed by atoms with E-state index in [-0.39, 0.29) is 30.2 Å². The molecule has 0 bridgehead atoms. The van der Waals surface area contributed by atoms with Crippen LogP contribution in [0.15, 0.2) is 60.7 Å². The van der Waals surface area contributed by atoms with Gasteiger partial charge >= 0.3 is 6.03 Å². The van der Waals surface area contributed by atoms with Crippen LogP contribution in [0.25, 0.3) is 0 Å². The number of hydrogen-bond donors (Lipinski definition) is 1. The highest BCUT2D eigenvalue weighted by Crippen LogP contribution is 2.20. The molecule has 0 fully saturated rings. The van der Waals surface area contributed by atoms with Crippen molar-refractivity contribution in [1.82, 2.24) is 9.80 Å². The van der Waals surface area contributed by atoms with Crippen LogP contribution in [0.4, 0.5) is 14.9 Å². The van der Waals surface area contributed by atoms with Crippen LogP contribution in [0.5, 0.6) is 0 Å². The lowest BCUT2D eigenvalue weighted by Gasteiger charge is -2.29. The number of carbonyl (C=O) groups excluding carboxylic acids is 2. The summed E-state index contributed by atoms with van der Waals surface area (Å²) in [6.45, 7) is 7.09. The third kappa shape index (κ3) is 7.85. The Hall–Kier alpha value is -2.90. The molecule has 0 radical (unpaired) electrons. The van der Waals surface area contributed by atoms with Crippen LogP contribution < -0.4 is 5.32 Å². The van der Waals surface area contributed by atoms with E-state index in [0.29, 0.717) is 30.3 Å². The van der Waals surface area contributed by atoms with Gasteiger partial charge in [0.1, 0.15) is 12.4 Å². The highest BCUT2D eigenvalue weighted by molar-refractivity contribution is 7.11. The number of halogens is 2. The summed E-state index contributed by atoms with van der Waals surface area (Å²) < 4.78 is 13.4. The quantitative estimate of drug-likeness (QED) is 0.360. The Morgan fingerprint density at radius 1 is 1.03 bits per heavy atom. The van der Waals surface area contributed by atoms with Crippen LogP contribution in [0, 0.1) is 18.7 Å². The molecule has 3 amide bonds. The zero-order chi connectivity index (χ0) is 24.7. The second kappa shape index (κ2) is 12.0. The molecule has 0 saturated heterocycles. The molecule has 8 heteroatoms. The van der Waals surface area contributed by atoms with Crippen molar-refractivity contribution < 1.29 is 14.0 Å². The molecular formula is C26H29ClFN3O2S. The third-order valence-electron chi connectivity index (χ3n) is 5.06. The van der Waals surface area contributed by atoms with Crippen molar-refractivity contribution in [2.75, 3.05) is 18.4 Å². The van der Waals surface area contributed by atoms with Gasteiger partial charge in [0.05, 0.1) is 6.54 Å². The number of urea groups is 1. The zero-order valence-corrected chi connectivity index (χ0v) is 21.1. The highest BCUT2D eigenvalue weighted by Gasteiger charge is 2.23. The van der Waals surface area contributed by atoms with Gasteiger partial charge in [-0.1, -0.05) is 43.6 Å². The fourth-order valence-electron chi connectivity index (χ4n) is 3.49. The minimum atomic E-state index is -0.363. The van der Waals surface area contributed by atoms with Crippen molar-refractivity contribution >= 4 is 40.6 Å².